The molecular formula is C12H15N3O3S. The fraction of sp³-hybridized carbons (Fsp3) is 0.250. The predicted molar refractivity (Wildman–Crippen MR) is 72.4 cm³/mol. The van der Waals surface area contributed by atoms with Crippen LogP contribution < -0.4 is 10.5 Å². The monoisotopic (exact) mass is 281 g/mol. The minimum absolute atomic E-state index is 0.133. The van der Waals surface area contributed by atoms with E-state index in [1.807, 2.05) is 0 Å². The van der Waals surface area contributed by atoms with E-state index in [2.05, 4.69) is 9.88 Å². The summed E-state index contributed by atoms with van der Waals surface area (Å²) in [7, 11) is -3.71. The molecule has 0 aliphatic rings. The van der Waals surface area contributed by atoms with Crippen LogP contribution in [0.25, 0.3) is 0 Å². The summed E-state index contributed by atoms with van der Waals surface area (Å²) in [5, 5.41) is 3.71. The summed E-state index contributed by atoms with van der Waals surface area (Å²) in [6, 6.07) is 4.61. The summed E-state index contributed by atoms with van der Waals surface area (Å²) in [6.45, 7) is 5.16. The molecule has 0 saturated carbocycles. The van der Waals surface area contributed by atoms with Crippen LogP contribution in [0, 0.1) is 20.8 Å². The van der Waals surface area contributed by atoms with Crippen molar-refractivity contribution in [3.05, 3.63) is 35.0 Å². The molecule has 1 aromatic heterocycles. The van der Waals surface area contributed by atoms with Crippen LogP contribution in [0.15, 0.2) is 27.6 Å². The fourth-order valence-electron chi connectivity index (χ4n) is 1.66. The Morgan fingerprint density at radius 2 is 1.95 bits per heavy atom. The van der Waals surface area contributed by atoms with Crippen molar-refractivity contribution in [3.63, 3.8) is 0 Å². The molecule has 0 bridgehead atoms. The number of anilines is 2. The van der Waals surface area contributed by atoms with Crippen molar-refractivity contribution in [2.24, 2.45) is 0 Å². The van der Waals surface area contributed by atoms with Gasteiger partial charge in [-0.15, -0.1) is 0 Å². The third-order valence-corrected chi connectivity index (χ3v) is 4.36. The molecule has 0 fully saturated rings. The van der Waals surface area contributed by atoms with Crippen molar-refractivity contribution in [2.75, 3.05) is 10.5 Å². The molecule has 0 atom stereocenters. The van der Waals surface area contributed by atoms with Crippen molar-refractivity contribution < 1.29 is 12.9 Å². The first-order valence-corrected chi connectivity index (χ1v) is 7.11. The summed E-state index contributed by atoms with van der Waals surface area (Å²) in [4.78, 5) is 0.162. The normalized spacial score (nSPS) is 11.5. The number of nitrogens with two attached hydrogens (primary N) is 1. The zero-order valence-corrected chi connectivity index (χ0v) is 11.7. The van der Waals surface area contributed by atoms with E-state index < -0.39 is 10.0 Å². The molecule has 3 N–H and O–H groups in total. The number of aromatic nitrogens is 1. The first kappa shape index (κ1) is 13.4. The highest BCUT2D eigenvalue weighted by Crippen LogP contribution is 2.24. The lowest BCUT2D eigenvalue weighted by Crippen LogP contribution is -2.14. The van der Waals surface area contributed by atoms with E-state index in [-0.39, 0.29) is 10.8 Å². The lowest BCUT2D eigenvalue weighted by molar-refractivity contribution is 0.430. The first-order valence-electron chi connectivity index (χ1n) is 5.63. The maximum Gasteiger partial charge on any atom is 0.264 e. The van der Waals surface area contributed by atoms with Gasteiger partial charge in [0.25, 0.3) is 10.0 Å². The second-order valence-corrected chi connectivity index (χ2v) is 6.00. The van der Waals surface area contributed by atoms with Gasteiger partial charge in [-0.3, -0.25) is 0 Å². The van der Waals surface area contributed by atoms with Crippen LogP contribution in [-0.2, 0) is 10.0 Å². The minimum Gasteiger partial charge on any atom is -0.399 e. The average molecular weight is 281 g/mol. The van der Waals surface area contributed by atoms with Crippen molar-refractivity contribution in [1.82, 2.24) is 5.16 Å². The second kappa shape index (κ2) is 4.58. The van der Waals surface area contributed by atoms with E-state index >= 15 is 0 Å². The maximum atomic E-state index is 12.3. The van der Waals surface area contributed by atoms with Crippen LogP contribution >= 0.6 is 0 Å². The number of nitrogens with one attached hydrogen (secondary N) is 1. The maximum absolute atomic E-state index is 12.3. The van der Waals surface area contributed by atoms with Crippen LogP contribution in [0.1, 0.15) is 16.8 Å². The zero-order valence-electron chi connectivity index (χ0n) is 10.9. The molecule has 102 valence electrons. The number of nitrogens with zero attached hydrogens (tertiary/aromatic N) is 1. The molecule has 0 saturated heterocycles. The molecule has 1 aromatic carbocycles. The van der Waals surface area contributed by atoms with Gasteiger partial charge in [-0.25, -0.2) is 13.1 Å². The van der Waals surface area contributed by atoms with Crippen LogP contribution in [0.5, 0.6) is 0 Å². The number of sulfonamides is 1. The second-order valence-electron chi connectivity index (χ2n) is 4.35. The molecule has 0 aliphatic carbocycles. The highest BCUT2D eigenvalue weighted by atomic mass is 32.2. The van der Waals surface area contributed by atoms with Gasteiger partial charge in [-0.05, 0) is 44.5 Å². The van der Waals surface area contributed by atoms with Gasteiger partial charge in [0, 0.05) is 11.3 Å². The molecule has 0 unspecified atom stereocenters. The molecule has 2 rings (SSSR count). The Kier molecular flexibility index (Phi) is 3.23. The Bertz CT molecular complexity index is 720. The standard InChI is InChI=1S/C12H15N3O3S/c1-7-6-10(13)4-5-11(7)19(16,17)15-12-8(2)9(3)14-18-12/h4-6,15H,13H2,1-3H3. The Balaban J connectivity index is 2.41. The van der Waals surface area contributed by atoms with E-state index in [1.54, 1.807) is 32.9 Å². The van der Waals surface area contributed by atoms with Gasteiger partial charge in [0.1, 0.15) is 0 Å². The van der Waals surface area contributed by atoms with E-state index in [9.17, 15) is 8.42 Å². The van der Waals surface area contributed by atoms with Crippen molar-refractivity contribution in [3.8, 4) is 0 Å². The van der Waals surface area contributed by atoms with E-state index in [4.69, 9.17) is 10.3 Å². The van der Waals surface area contributed by atoms with Crippen molar-refractivity contribution in [2.45, 2.75) is 25.7 Å². The summed E-state index contributed by atoms with van der Waals surface area (Å²) in [5.41, 5.74) is 8.00. The van der Waals surface area contributed by atoms with Crippen LogP contribution in [0.2, 0.25) is 0 Å². The molecule has 0 radical (unpaired) electrons. The SMILES string of the molecule is Cc1cc(N)ccc1S(=O)(=O)Nc1onc(C)c1C. The molecule has 1 heterocycles. The molecule has 0 spiro atoms. The van der Waals surface area contributed by atoms with Gasteiger partial charge >= 0.3 is 0 Å². The summed E-state index contributed by atoms with van der Waals surface area (Å²) in [6.07, 6.45) is 0. The zero-order chi connectivity index (χ0) is 14.2. The van der Waals surface area contributed by atoms with Gasteiger partial charge in [0.2, 0.25) is 5.88 Å². The van der Waals surface area contributed by atoms with E-state index in [0.29, 0.717) is 22.5 Å². The molecule has 7 heteroatoms. The number of benzene rings is 1. The van der Waals surface area contributed by atoms with Crippen LogP contribution in [0.3, 0.4) is 0 Å². The third kappa shape index (κ3) is 2.55. The fourth-order valence-corrected chi connectivity index (χ4v) is 2.94. The van der Waals surface area contributed by atoms with Crippen molar-refractivity contribution in [1.29, 1.82) is 0 Å². The Morgan fingerprint density at radius 3 is 2.47 bits per heavy atom. The first-order chi connectivity index (χ1) is 8.81. The Hall–Kier alpha value is -2.02. The van der Waals surface area contributed by atoms with E-state index in [0.717, 1.165) is 0 Å². The summed E-state index contributed by atoms with van der Waals surface area (Å²) in [5.74, 6) is 0.133. The van der Waals surface area contributed by atoms with Gasteiger partial charge in [-0.1, -0.05) is 5.16 Å². The number of aryl methyl sites for hydroxylation is 2. The lowest BCUT2D eigenvalue weighted by Gasteiger charge is -2.09. The molecule has 2 aromatic rings. The quantitative estimate of drug-likeness (QED) is 0.838. The number of nitrogen functional groups attached to an aromatic ring is 1. The van der Waals surface area contributed by atoms with Crippen molar-refractivity contribution >= 4 is 21.6 Å². The molecule has 0 aliphatic heterocycles. The topological polar surface area (TPSA) is 98.2 Å². The van der Waals surface area contributed by atoms with Gasteiger partial charge in [0.05, 0.1) is 10.6 Å². The number of rotatable bonds is 3. The molecular weight excluding hydrogens is 266 g/mol. The molecule has 19 heavy (non-hydrogen) atoms. The summed E-state index contributed by atoms with van der Waals surface area (Å²) < 4.78 is 31.8. The van der Waals surface area contributed by atoms with Gasteiger partial charge in [0.15, 0.2) is 0 Å². The van der Waals surface area contributed by atoms with Gasteiger partial charge in [-0.2, -0.15) is 0 Å². The number of hydrogen-bond donors (Lipinski definition) is 2. The van der Waals surface area contributed by atoms with Gasteiger partial charge < -0.3 is 10.3 Å². The van der Waals surface area contributed by atoms with Crippen LogP contribution in [0.4, 0.5) is 11.6 Å². The Morgan fingerprint density at radius 1 is 1.26 bits per heavy atom. The highest BCUT2D eigenvalue weighted by Gasteiger charge is 2.20. The summed E-state index contributed by atoms with van der Waals surface area (Å²) >= 11 is 0. The number of hydrogen-bond acceptors (Lipinski definition) is 5. The minimum atomic E-state index is -3.71. The highest BCUT2D eigenvalue weighted by molar-refractivity contribution is 7.92. The third-order valence-electron chi connectivity index (χ3n) is 2.87. The Labute approximate surface area is 111 Å². The average Bonchev–Trinajstić information content (AvgIpc) is 2.60. The van der Waals surface area contributed by atoms with E-state index in [1.165, 1.54) is 6.07 Å². The molecule has 6 nitrogen and oxygen atoms in total. The smallest absolute Gasteiger partial charge is 0.264 e. The largest absolute Gasteiger partial charge is 0.399 e. The molecule has 0 amide bonds. The predicted octanol–water partition coefficient (Wildman–Crippen LogP) is 1.98. The lowest BCUT2D eigenvalue weighted by atomic mass is 10.2. The van der Waals surface area contributed by atoms with Crippen LogP contribution in [-0.4, -0.2) is 13.6 Å².